The molecule has 11 rings (SSSR count). The zero-order valence-corrected chi connectivity index (χ0v) is 36.3. The van der Waals surface area contributed by atoms with E-state index in [1.54, 1.807) is 0 Å². The number of rotatable bonds is 6. The van der Waals surface area contributed by atoms with Crippen LogP contribution in [0.4, 0.5) is 28.4 Å². The zero-order valence-electron chi connectivity index (χ0n) is 36.3. The third-order valence-electron chi connectivity index (χ3n) is 13.8. The van der Waals surface area contributed by atoms with Crippen LogP contribution in [-0.2, 0) is 10.8 Å². The summed E-state index contributed by atoms with van der Waals surface area (Å²) in [4.78, 5) is 2.62. The summed E-state index contributed by atoms with van der Waals surface area (Å²) < 4.78 is 0. The van der Waals surface area contributed by atoms with Gasteiger partial charge < -0.3 is 10.2 Å². The van der Waals surface area contributed by atoms with Crippen LogP contribution in [0.15, 0.2) is 182 Å². The molecule has 0 spiro atoms. The van der Waals surface area contributed by atoms with Crippen LogP contribution in [-0.4, -0.2) is 7.28 Å². The lowest BCUT2D eigenvalue weighted by Gasteiger charge is -2.44. The maximum atomic E-state index is 3.93. The third kappa shape index (κ3) is 6.50. The lowest BCUT2D eigenvalue weighted by molar-refractivity contribution is 0.332. The molecule has 1 aliphatic carbocycles. The Kier molecular flexibility index (Phi) is 9.02. The maximum Gasteiger partial charge on any atom is 0.197 e. The van der Waals surface area contributed by atoms with E-state index in [1.807, 2.05) is 0 Å². The lowest BCUT2D eigenvalue weighted by atomic mass is 9.54. The molecule has 0 amide bonds. The summed E-state index contributed by atoms with van der Waals surface area (Å²) >= 11 is 0. The molecule has 0 saturated carbocycles. The van der Waals surface area contributed by atoms with Gasteiger partial charge in [0.2, 0.25) is 0 Å². The monoisotopic (exact) mass is 797 g/mol. The molecule has 0 fully saturated rings. The molecule has 2 aliphatic rings. The van der Waals surface area contributed by atoms with Crippen molar-refractivity contribution in [1.29, 1.82) is 0 Å². The fraction of sp³-hybridized carbons (Fsp3) is 0.153. The van der Waals surface area contributed by atoms with E-state index in [2.05, 4.69) is 234 Å². The van der Waals surface area contributed by atoms with E-state index >= 15 is 0 Å². The minimum absolute atomic E-state index is 0.0572. The fourth-order valence-electron chi connectivity index (χ4n) is 10.2. The second-order valence-electron chi connectivity index (χ2n) is 18.8. The summed E-state index contributed by atoms with van der Waals surface area (Å²) in [5.41, 5.74) is 19.8. The number of nitrogens with zero attached hydrogens (tertiary/aromatic N) is 1. The number of aryl methyl sites for hydroxylation is 1. The predicted octanol–water partition coefficient (Wildman–Crippen LogP) is 14.8. The van der Waals surface area contributed by atoms with Crippen molar-refractivity contribution >= 4 is 68.2 Å². The average molecular weight is 798 g/mol. The first-order valence-corrected chi connectivity index (χ1v) is 22.1. The minimum Gasteiger partial charge on any atom is -0.355 e. The van der Waals surface area contributed by atoms with Gasteiger partial charge in [0, 0.05) is 39.4 Å². The van der Waals surface area contributed by atoms with E-state index in [-0.39, 0.29) is 10.8 Å². The zero-order chi connectivity index (χ0) is 42.2. The van der Waals surface area contributed by atoms with Crippen molar-refractivity contribution in [2.24, 2.45) is 0 Å². The highest BCUT2D eigenvalue weighted by Crippen LogP contribution is 2.50. The van der Waals surface area contributed by atoms with Crippen molar-refractivity contribution in [2.45, 2.75) is 58.3 Å². The van der Waals surface area contributed by atoms with Gasteiger partial charge in [0.1, 0.15) is 0 Å². The SMILES string of the molecule is Cc1ccc(-c2ccccc2)cc1N1c2cc3c(cc2[B]c2c(-c4cc5ccccc5cc4Nc4ccc(-c5ccccc5)cc4)cc4ccccc4c21)C(C)(C)CCC3(C)C. The smallest absolute Gasteiger partial charge is 0.197 e. The standard InChI is InChI=1S/C59H50BN2/c1-38-24-25-44(40-18-10-7-11-19-40)35-54(38)62-55-37-51-50(58(2,3)30-31-59(51,4)5)36-52(55)60-56-49(33-45-22-14-15-23-47(45)57(56)62)48-32-42-20-12-13-21-43(42)34-53(48)61-46-28-26-41(27-29-46)39-16-8-6-9-17-39/h6-29,32-37,61H,30-31H2,1-5H3. The quantitative estimate of drug-likeness (QED) is 0.169. The van der Waals surface area contributed by atoms with Crippen LogP contribution >= 0.6 is 0 Å². The number of fused-ring (bicyclic) bond motifs is 6. The van der Waals surface area contributed by atoms with Crippen molar-refractivity contribution in [3.05, 3.63) is 199 Å². The molecule has 9 aromatic carbocycles. The lowest BCUT2D eigenvalue weighted by Crippen LogP contribution is -2.44. The van der Waals surface area contributed by atoms with Crippen molar-refractivity contribution in [1.82, 2.24) is 0 Å². The Hall–Kier alpha value is -6.84. The molecule has 1 radical (unpaired) electrons. The van der Waals surface area contributed by atoms with E-state index in [4.69, 9.17) is 0 Å². The molecule has 0 aromatic heterocycles. The highest BCUT2D eigenvalue weighted by atomic mass is 15.2. The molecule has 0 atom stereocenters. The molecular formula is C59H50BN2. The van der Waals surface area contributed by atoms with Crippen LogP contribution in [0.1, 0.15) is 57.2 Å². The Morgan fingerprint density at radius 2 is 1.03 bits per heavy atom. The number of benzene rings is 9. The number of hydrogen-bond acceptors (Lipinski definition) is 2. The molecule has 2 nitrogen and oxygen atoms in total. The van der Waals surface area contributed by atoms with Crippen LogP contribution in [0.5, 0.6) is 0 Å². The number of nitrogens with one attached hydrogen (secondary N) is 1. The van der Waals surface area contributed by atoms with Gasteiger partial charge in [-0.25, -0.2) is 0 Å². The van der Waals surface area contributed by atoms with Crippen LogP contribution in [0.2, 0.25) is 0 Å². The van der Waals surface area contributed by atoms with Gasteiger partial charge in [-0.15, -0.1) is 0 Å². The molecular weight excluding hydrogens is 747 g/mol. The van der Waals surface area contributed by atoms with E-state index in [1.165, 1.54) is 106 Å². The van der Waals surface area contributed by atoms with Crippen molar-refractivity contribution in [2.75, 3.05) is 10.2 Å². The van der Waals surface area contributed by atoms with Gasteiger partial charge in [0.15, 0.2) is 7.28 Å². The van der Waals surface area contributed by atoms with Crippen LogP contribution in [0, 0.1) is 6.92 Å². The molecule has 9 aromatic rings. The molecule has 299 valence electrons. The predicted molar refractivity (Wildman–Crippen MR) is 267 cm³/mol. The van der Waals surface area contributed by atoms with Crippen molar-refractivity contribution in [3.63, 3.8) is 0 Å². The molecule has 0 bridgehead atoms. The van der Waals surface area contributed by atoms with Crippen LogP contribution < -0.4 is 21.1 Å². The van der Waals surface area contributed by atoms with Gasteiger partial charge in [-0.1, -0.05) is 173 Å². The Labute approximate surface area is 367 Å². The summed E-state index contributed by atoms with van der Waals surface area (Å²) in [5, 5.41) is 8.80. The van der Waals surface area contributed by atoms with Crippen LogP contribution in [0.25, 0.3) is 54.9 Å². The minimum atomic E-state index is 0.0572. The molecule has 0 saturated heterocycles. The van der Waals surface area contributed by atoms with Crippen LogP contribution in [0.3, 0.4) is 0 Å². The van der Waals surface area contributed by atoms with Gasteiger partial charge in [-0.05, 0) is 139 Å². The van der Waals surface area contributed by atoms with E-state index < -0.39 is 0 Å². The van der Waals surface area contributed by atoms with Gasteiger partial charge in [-0.3, -0.25) is 0 Å². The third-order valence-corrected chi connectivity index (χ3v) is 13.8. The first-order valence-electron chi connectivity index (χ1n) is 22.1. The Morgan fingerprint density at radius 1 is 0.484 bits per heavy atom. The Bertz CT molecular complexity index is 3180. The molecule has 3 heteroatoms. The first-order chi connectivity index (χ1) is 30.1. The molecule has 0 unspecified atom stereocenters. The van der Waals surface area contributed by atoms with Gasteiger partial charge in [0.05, 0.1) is 0 Å². The number of hydrogen-bond donors (Lipinski definition) is 1. The van der Waals surface area contributed by atoms with Gasteiger partial charge in [-0.2, -0.15) is 0 Å². The summed E-state index contributed by atoms with van der Waals surface area (Å²) in [6.07, 6.45) is 2.33. The average Bonchev–Trinajstić information content (AvgIpc) is 3.30. The second-order valence-corrected chi connectivity index (χ2v) is 18.8. The summed E-state index contributed by atoms with van der Waals surface area (Å²) in [6, 6.07) is 67.3. The van der Waals surface area contributed by atoms with E-state index in [9.17, 15) is 0 Å². The van der Waals surface area contributed by atoms with Crippen molar-refractivity contribution in [3.8, 4) is 33.4 Å². The van der Waals surface area contributed by atoms with Gasteiger partial charge >= 0.3 is 0 Å². The van der Waals surface area contributed by atoms with Gasteiger partial charge in [0.25, 0.3) is 0 Å². The molecule has 1 N–H and O–H groups in total. The van der Waals surface area contributed by atoms with E-state index in [0.29, 0.717) is 0 Å². The summed E-state index contributed by atoms with van der Waals surface area (Å²) in [7, 11) is 2.50. The highest BCUT2D eigenvalue weighted by molar-refractivity contribution is 6.74. The fourth-order valence-corrected chi connectivity index (χ4v) is 10.2. The van der Waals surface area contributed by atoms with E-state index in [0.717, 1.165) is 17.8 Å². The normalized spacial score (nSPS) is 14.8. The highest BCUT2D eigenvalue weighted by Gasteiger charge is 2.40. The first kappa shape index (κ1) is 38.1. The molecule has 1 heterocycles. The Balaban J connectivity index is 1.18. The second kappa shape index (κ2) is 14.7. The maximum absolute atomic E-state index is 3.93. The largest absolute Gasteiger partial charge is 0.355 e. The Morgan fingerprint density at radius 3 is 1.73 bits per heavy atom. The molecule has 62 heavy (non-hydrogen) atoms. The summed E-state index contributed by atoms with van der Waals surface area (Å²) in [6.45, 7) is 12.0. The topological polar surface area (TPSA) is 15.3 Å². The van der Waals surface area contributed by atoms with Crippen molar-refractivity contribution < 1.29 is 0 Å². The summed E-state index contributed by atoms with van der Waals surface area (Å²) in [5.74, 6) is 0. The number of anilines is 5. The molecule has 1 aliphatic heterocycles.